The van der Waals surface area contributed by atoms with E-state index in [1.807, 2.05) is 66.1 Å². The van der Waals surface area contributed by atoms with Crippen molar-refractivity contribution in [3.05, 3.63) is 60.2 Å². The van der Waals surface area contributed by atoms with Crippen molar-refractivity contribution in [2.45, 2.75) is 24.3 Å². The fraction of sp³-hybridized carbons (Fsp3) is 0.211. The maximum absolute atomic E-state index is 11.8. The zero-order valence-electron chi connectivity index (χ0n) is 14.3. The number of methoxy groups -OCH3 is 1. The van der Waals surface area contributed by atoms with Gasteiger partial charge in [-0.25, -0.2) is 0 Å². The Kier molecular flexibility index (Phi) is 5.19. The van der Waals surface area contributed by atoms with E-state index in [1.54, 1.807) is 6.92 Å². The second-order valence-electron chi connectivity index (χ2n) is 5.63. The normalized spacial score (nSPS) is 12.0. The van der Waals surface area contributed by atoms with Crippen LogP contribution in [0.3, 0.4) is 0 Å². The highest BCUT2D eigenvalue weighted by molar-refractivity contribution is 8.00. The number of carbonyl (C=O) groups is 1. The Morgan fingerprint density at radius 2 is 1.76 bits per heavy atom. The molecule has 0 radical (unpaired) electrons. The molecule has 0 bridgehead atoms. The predicted octanol–water partition coefficient (Wildman–Crippen LogP) is 3.90. The molecular weight excluding hydrogens is 334 g/mol. The van der Waals surface area contributed by atoms with E-state index in [-0.39, 0.29) is 11.2 Å². The number of aromatic nitrogens is 3. The predicted molar refractivity (Wildman–Crippen MR) is 98.9 cm³/mol. The molecule has 0 saturated heterocycles. The highest BCUT2D eigenvalue weighted by atomic mass is 32.2. The molecular formula is C19H19N3O2S. The first kappa shape index (κ1) is 17.2. The number of hydrogen-bond donors (Lipinski definition) is 0. The van der Waals surface area contributed by atoms with Gasteiger partial charge in [0.15, 0.2) is 11.0 Å². The molecule has 1 atom stereocenters. The quantitative estimate of drug-likeness (QED) is 0.514. The summed E-state index contributed by atoms with van der Waals surface area (Å²) in [6, 6.07) is 18.0. The van der Waals surface area contributed by atoms with Crippen LogP contribution in [0.2, 0.25) is 0 Å². The monoisotopic (exact) mass is 353 g/mol. The van der Waals surface area contributed by atoms with Crippen LogP contribution < -0.4 is 0 Å². The lowest BCUT2D eigenvalue weighted by Gasteiger charge is -2.12. The van der Waals surface area contributed by atoms with Crippen molar-refractivity contribution in [3.8, 4) is 17.1 Å². The minimum absolute atomic E-state index is 0.287. The van der Waals surface area contributed by atoms with Crippen LogP contribution in [0.15, 0.2) is 59.8 Å². The molecule has 1 heterocycles. The van der Waals surface area contributed by atoms with Gasteiger partial charge in [0, 0.05) is 11.3 Å². The summed E-state index contributed by atoms with van der Waals surface area (Å²) in [5.74, 6) is 0.453. The Labute approximate surface area is 151 Å². The number of nitrogens with zero attached hydrogens (tertiary/aromatic N) is 3. The molecule has 3 aromatic rings. The smallest absolute Gasteiger partial charge is 0.318 e. The molecule has 5 nitrogen and oxygen atoms in total. The molecule has 0 spiro atoms. The Balaban J connectivity index is 2.08. The summed E-state index contributed by atoms with van der Waals surface area (Å²) in [7, 11) is 1.39. The molecule has 6 heteroatoms. The molecule has 3 rings (SSSR count). The van der Waals surface area contributed by atoms with Crippen LogP contribution in [0.1, 0.15) is 12.5 Å². The maximum Gasteiger partial charge on any atom is 0.318 e. The third-order valence-electron chi connectivity index (χ3n) is 3.77. The summed E-state index contributed by atoms with van der Waals surface area (Å²) in [6.07, 6.45) is 0. The van der Waals surface area contributed by atoms with Gasteiger partial charge in [-0.05, 0) is 26.0 Å². The number of ether oxygens (including phenoxy) is 1. The van der Waals surface area contributed by atoms with E-state index >= 15 is 0 Å². The van der Waals surface area contributed by atoms with Crippen molar-refractivity contribution in [2.24, 2.45) is 0 Å². The van der Waals surface area contributed by atoms with E-state index in [0.29, 0.717) is 5.16 Å². The van der Waals surface area contributed by atoms with Crippen molar-refractivity contribution in [2.75, 3.05) is 7.11 Å². The number of aryl methyl sites for hydroxylation is 1. The third-order valence-corrected chi connectivity index (χ3v) is 4.79. The first-order valence-electron chi connectivity index (χ1n) is 7.92. The van der Waals surface area contributed by atoms with Gasteiger partial charge in [-0.2, -0.15) is 0 Å². The lowest BCUT2D eigenvalue weighted by atomic mass is 10.2. The topological polar surface area (TPSA) is 57.0 Å². The van der Waals surface area contributed by atoms with Gasteiger partial charge in [0.1, 0.15) is 5.25 Å². The molecule has 0 aliphatic heterocycles. The first-order valence-corrected chi connectivity index (χ1v) is 8.80. The molecule has 0 fully saturated rings. The molecule has 1 aromatic heterocycles. The van der Waals surface area contributed by atoms with Gasteiger partial charge in [-0.15, -0.1) is 10.2 Å². The van der Waals surface area contributed by atoms with Gasteiger partial charge in [-0.3, -0.25) is 9.36 Å². The third kappa shape index (κ3) is 3.74. The van der Waals surface area contributed by atoms with E-state index in [9.17, 15) is 4.79 Å². The number of thioether (sulfide) groups is 1. The van der Waals surface area contributed by atoms with Crippen LogP contribution in [0.5, 0.6) is 0 Å². The number of benzene rings is 2. The number of hydrogen-bond acceptors (Lipinski definition) is 5. The zero-order chi connectivity index (χ0) is 17.8. The highest BCUT2D eigenvalue weighted by Gasteiger charge is 2.22. The van der Waals surface area contributed by atoms with Gasteiger partial charge >= 0.3 is 5.97 Å². The minimum atomic E-state index is -0.373. The molecule has 0 saturated carbocycles. The van der Waals surface area contributed by atoms with E-state index in [2.05, 4.69) is 10.2 Å². The molecule has 128 valence electrons. The van der Waals surface area contributed by atoms with Crippen LogP contribution in [-0.4, -0.2) is 33.1 Å². The van der Waals surface area contributed by atoms with Crippen LogP contribution in [0, 0.1) is 6.92 Å². The molecule has 0 amide bonds. The van der Waals surface area contributed by atoms with E-state index in [0.717, 1.165) is 17.1 Å². The van der Waals surface area contributed by atoms with Crippen molar-refractivity contribution < 1.29 is 9.53 Å². The van der Waals surface area contributed by atoms with Crippen molar-refractivity contribution in [3.63, 3.8) is 0 Å². The van der Waals surface area contributed by atoms with Gasteiger partial charge < -0.3 is 4.74 Å². The summed E-state index contributed by atoms with van der Waals surface area (Å²) in [4.78, 5) is 11.8. The van der Waals surface area contributed by atoms with E-state index < -0.39 is 0 Å². The molecule has 0 unspecified atom stereocenters. The number of carbonyl (C=O) groups excluding carboxylic acids is 1. The van der Waals surface area contributed by atoms with Crippen LogP contribution in [0.4, 0.5) is 0 Å². The second-order valence-corrected chi connectivity index (χ2v) is 6.93. The lowest BCUT2D eigenvalue weighted by molar-refractivity contribution is -0.139. The Morgan fingerprint density at radius 1 is 1.08 bits per heavy atom. The Hall–Kier alpha value is -2.60. The summed E-state index contributed by atoms with van der Waals surface area (Å²) >= 11 is 1.33. The second kappa shape index (κ2) is 7.53. The van der Waals surface area contributed by atoms with Crippen LogP contribution in [0.25, 0.3) is 17.1 Å². The van der Waals surface area contributed by atoms with Gasteiger partial charge in [0.2, 0.25) is 0 Å². The summed E-state index contributed by atoms with van der Waals surface area (Å²) in [6.45, 7) is 3.84. The molecule has 0 aliphatic rings. The van der Waals surface area contributed by atoms with Crippen molar-refractivity contribution in [1.29, 1.82) is 0 Å². The highest BCUT2D eigenvalue weighted by Crippen LogP contribution is 2.30. The summed E-state index contributed by atoms with van der Waals surface area (Å²) < 4.78 is 6.79. The fourth-order valence-electron chi connectivity index (χ4n) is 2.42. The van der Waals surface area contributed by atoms with E-state index in [4.69, 9.17) is 4.74 Å². The van der Waals surface area contributed by atoms with Crippen LogP contribution >= 0.6 is 11.8 Å². The van der Waals surface area contributed by atoms with Crippen molar-refractivity contribution >= 4 is 17.7 Å². The largest absolute Gasteiger partial charge is 0.468 e. The minimum Gasteiger partial charge on any atom is -0.468 e. The number of rotatable bonds is 5. The Morgan fingerprint density at radius 3 is 2.40 bits per heavy atom. The van der Waals surface area contributed by atoms with Crippen molar-refractivity contribution in [1.82, 2.24) is 14.8 Å². The average molecular weight is 353 g/mol. The standard InChI is InChI=1S/C19H19N3O2S/c1-13-9-11-16(12-10-13)22-17(15-7-5-4-6-8-15)20-21-19(22)25-14(2)18(23)24-3/h4-12,14H,1-3H3/t14-/m0/s1. The van der Waals surface area contributed by atoms with Gasteiger partial charge in [-0.1, -0.05) is 59.8 Å². The lowest BCUT2D eigenvalue weighted by Crippen LogP contribution is -2.15. The Bertz CT molecular complexity index is 860. The maximum atomic E-state index is 11.8. The van der Waals surface area contributed by atoms with Crippen LogP contribution in [-0.2, 0) is 9.53 Å². The average Bonchev–Trinajstić information content (AvgIpc) is 3.06. The molecule has 2 aromatic carbocycles. The molecule has 0 aliphatic carbocycles. The first-order chi connectivity index (χ1) is 12.1. The summed E-state index contributed by atoms with van der Waals surface area (Å²) in [5, 5.41) is 8.96. The van der Waals surface area contributed by atoms with E-state index in [1.165, 1.54) is 24.4 Å². The summed E-state index contributed by atoms with van der Waals surface area (Å²) in [5.41, 5.74) is 3.09. The molecule has 25 heavy (non-hydrogen) atoms. The molecule has 0 N–H and O–H groups in total. The van der Waals surface area contributed by atoms with Gasteiger partial charge in [0.05, 0.1) is 7.11 Å². The SMILES string of the molecule is COC(=O)[C@H](C)Sc1nnc(-c2ccccc2)n1-c1ccc(C)cc1. The van der Waals surface area contributed by atoms with Gasteiger partial charge in [0.25, 0.3) is 0 Å². The fourth-order valence-corrected chi connectivity index (χ4v) is 3.31. The number of esters is 1. The zero-order valence-corrected chi connectivity index (χ0v) is 15.2.